The van der Waals surface area contributed by atoms with Crippen LogP contribution < -0.4 is 10.6 Å². The minimum absolute atomic E-state index is 0.649. The van der Waals surface area contributed by atoms with E-state index in [1.807, 2.05) is 29.8 Å². The molecule has 0 atom stereocenters. The van der Waals surface area contributed by atoms with Crippen LogP contribution in [0.2, 0.25) is 5.02 Å². The van der Waals surface area contributed by atoms with E-state index in [1.54, 1.807) is 6.20 Å². The summed E-state index contributed by atoms with van der Waals surface area (Å²) in [7, 11) is 0. The van der Waals surface area contributed by atoms with Gasteiger partial charge in [-0.2, -0.15) is 5.10 Å². The molecule has 2 N–H and O–H groups in total. The average Bonchev–Trinajstić information content (AvgIpc) is 2.84. The fourth-order valence-electron chi connectivity index (χ4n) is 2.20. The minimum Gasteiger partial charge on any atom is -0.362 e. The number of nitrogens with zero attached hydrogens (tertiary/aromatic N) is 2. The first-order valence-corrected chi connectivity index (χ1v) is 8.21. The fraction of sp³-hybridized carbons (Fsp3) is 0.375. The van der Waals surface area contributed by atoms with Gasteiger partial charge in [-0.25, -0.2) is 0 Å². The summed E-state index contributed by atoms with van der Waals surface area (Å²) in [6.45, 7) is 5.71. The lowest BCUT2D eigenvalue weighted by Crippen LogP contribution is -2.30. The van der Waals surface area contributed by atoms with Crippen LogP contribution in [-0.2, 0) is 13.0 Å². The molecule has 2 rings (SSSR count). The summed E-state index contributed by atoms with van der Waals surface area (Å²) in [4.78, 5) is 0. The first-order valence-electron chi connectivity index (χ1n) is 7.42. The number of halogens is 1. The summed E-state index contributed by atoms with van der Waals surface area (Å²) in [5.41, 5.74) is 3.32. The van der Waals surface area contributed by atoms with Crippen LogP contribution in [0.15, 0.2) is 30.5 Å². The van der Waals surface area contributed by atoms with Gasteiger partial charge in [-0.1, -0.05) is 36.7 Å². The number of hydrogen-bond acceptors (Lipinski definition) is 2. The zero-order valence-corrected chi connectivity index (χ0v) is 14.5. The Morgan fingerprint density at radius 1 is 1.36 bits per heavy atom. The van der Waals surface area contributed by atoms with E-state index >= 15 is 0 Å². The number of aromatic nitrogens is 2. The second kappa shape index (κ2) is 8.15. The van der Waals surface area contributed by atoms with Crippen LogP contribution in [-0.4, -0.2) is 21.4 Å². The Kier molecular flexibility index (Phi) is 6.21. The van der Waals surface area contributed by atoms with Crippen molar-refractivity contribution in [2.75, 3.05) is 11.9 Å². The number of hydrogen-bond donors (Lipinski definition) is 2. The molecule has 0 bridgehead atoms. The van der Waals surface area contributed by atoms with Crippen LogP contribution in [0.3, 0.4) is 0 Å². The standard InChI is InChI=1S/C16H21ClN4S/c1-3-13-7-4-5-8-15(13)20-16(22)18-9-6-10-21-12(2)14(17)11-19-21/h4-5,7-8,11H,3,6,9-10H2,1-2H3,(H2,18,20,22). The van der Waals surface area contributed by atoms with Gasteiger partial charge in [0.05, 0.1) is 16.9 Å². The lowest BCUT2D eigenvalue weighted by molar-refractivity contribution is 0.561. The molecule has 1 heterocycles. The van der Waals surface area contributed by atoms with Crippen LogP contribution in [0, 0.1) is 6.92 Å². The van der Waals surface area contributed by atoms with Crippen LogP contribution in [0.5, 0.6) is 0 Å². The lowest BCUT2D eigenvalue weighted by atomic mass is 10.1. The molecule has 0 radical (unpaired) electrons. The number of aryl methyl sites for hydroxylation is 2. The van der Waals surface area contributed by atoms with E-state index in [0.717, 1.165) is 37.3 Å². The molecule has 118 valence electrons. The third-order valence-electron chi connectivity index (χ3n) is 3.52. The molecular formula is C16H21ClN4S. The smallest absolute Gasteiger partial charge is 0.170 e. The molecule has 0 saturated heterocycles. The van der Waals surface area contributed by atoms with E-state index in [-0.39, 0.29) is 0 Å². The number of para-hydroxylation sites is 1. The Bertz CT molecular complexity index is 639. The van der Waals surface area contributed by atoms with Crippen LogP contribution in [0.4, 0.5) is 5.69 Å². The van der Waals surface area contributed by atoms with E-state index in [0.29, 0.717) is 10.1 Å². The molecule has 0 saturated carbocycles. The van der Waals surface area contributed by atoms with Gasteiger partial charge >= 0.3 is 0 Å². The molecule has 0 amide bonds. The van der Waals surface area contributed by atoms with Crippen molar-refractivity contribution in [2.45, 2.75) is 33.2 Å². The normalized spacial score (nSPS) is 10.5. The quantitative estimate of drug-likeness (QED) is 0.622. The Labute approximate surface area is 141 Å². The average molecular weight is 337 g/mol. The maximum Gasteiger partial charge on any atom is 0.170 e. The highest BCUT2D eigenvalue weighted by Gasteiger charge is 2.04. The molecule has 1 aromatic heterocycles. The number of nitrogens with one attached hydrogen (secondary N) is 2. The van der Waals surface area contributed by atoms with E-state index in [2.05, 4.69) is 28.7 Å². The highest BCUT2D eigenvalue weighted by Crippen LogP contribution is 2.15. The van der Waals surface area contributed by atoms with Crippen molar-refractivity contribution in [1.29, 1.82) is 0 Å². The van der Waals surface area contributed by atoms with Crippen molar-refractivity contribution in [2.24, 2.45) is 0 Å². The van der Waals surface area contributed by atoms with Crippen LogP contribution in [0.25, 0.3) is 0 Å². The summed E-state index contributed by atoms with van der Waals surface area (Å²) >= 11 is 11.3. The molecule has 0 fully saturated rings. The van der Waals surface area contributed by atoms with Gasteiger partial charge in [0.2, 0.25) is 0 Å². The Morgan fingerprint density at radius 2 is 2.14 bits per heavy atom. The molecular weight excluding hydrogens is 316 g/mol. The van der Waals surface area contributed by atoms with Gasteiger partial charge in [-0.05, 0) is 43.6 Å². The van der Waals surface area contributed by atoms with Gasteiger partial charge < -0.3 is 10.6 Å². The summed E-state index contributed by atoms with van der Waals surface area (Å²) in [6, 6.07) is 8.20. The van der Waals surface area contributed by atoms with Crippen molar-refractivity contribution < 1.29 is 0 Å². The van der Waals surface area contributed by atoms with Gasteiger partial charge in [0.1, 0.15) is 0 Å². The summed E-state index contributed by atoms with van der Waals surface area (Å²) in [6.07, 6.45) is 3.58. The minimum atomic E-state index is 0.649. The first-order chi connectivity index (χ1) is 10.6. The summed E-state index contributed by atoms with van der Waals surface area (Å²) in [5, 5.41) is 12.1. The van der Waals surface area contributed by atoms with Crippen LogP contribution in [0.1, 0.15) is 24.6 Å². The van der Waals surface area contributed by atoms with Crippen molar-refractivity contribution in [3.8, 4) is 0 Å². The van der Waals surface area contributed by atoms with E-state index in [1.165, 1.54) is 5.56 Å². The second-order valence-electron chi connectivity index (χ2n) is 5.05. The largest absolute Gasteiger partial charge is 0.362 e. The Morgan fingerprint density at radius 3 is 2.82 bits per heavy atom. The molecule has 0 aliphatic heterocycles. The number of rotatable bonds is 6. The predicted molar refractivity (Wildman–Crippen MR) is 96.6 cm³/mol. The molecule has 0 unspecified atom stereocenters. The molecule has 0 aliphatic carbocycles. The lowest BCUT2D eigenvalue weighted by Gasteiger charge is -2.13. The summed E-state index contributed by atoms with van der Waals surface area (Å²) < 4.78 is 1.91. The number of thiocarbonyl (C=S) groups is 1. The van der Waals surface area contributed by atoms with Gasteiger partial charge in [-0.3, -0.25) is 4.68 Å². The number of benzene rings is 1. The first kappa shape index (κ1) is 16.8. The highest BCUT2D eigenvalue weighted by atomic mass is 35.5. The zero-order chi connectivity index (χ0) is 15.9. The maximum absolute atomic E-state index is 5.98. The van der Waals surface area contributed by atoms with Gasteiger partial charge in [0.25, 0.3) is 0 Å². The Balaban J connectivity index is 1.75. The van der Waals surface area contributed by atoms with E-state index < -0.39 is 0 Å². The van der Waals surface area contributed by atoms with Crippen molar-refractivity contribution in [3.63, 3.8) is 0 Å². The molecule has 4 nitrogen and oxygen atoms in total. The van der Waals surface area contributed by atoms with Gasteiger partial charge in [0, 0.05) is 18.8 Å². The van der Waals surface area contributed by atoms with Gasteiger partial charge in [0.15, 0.2) is 5.11 Å². The monoisotopic (exact) mass is 336 g/mol. The third kappa shape index (κ3) is 4.45. The zero-order valence-electron chi connectivity index (χ0n) is 12.9. The Hall–Kier alpha value is -1.59. The number of anilines is 1. The SMILES string of the molecule is CCc1ccccc1NC(=S)NCCCn1ncc(Cl)c1C. The molecule has 22 heavy (non-hydrogen) atoms. The molecule has 1 aromatic carbocycles. The highest BCUT2D eigenvalue weighted by molar-refractivity contribution is 7.80. The van der Waals surface area contributed by atoms with Crippen molar-refractivity contribution in [1.82, 2.24) is 15.1 Å². The second-order valence-corrected chi connectivity index (χ2v) is 5.86. The third-order valence-corrected chi connectivity index (χ3v) is 4.14. The van der Waals surface area contributed by atoms with Crippen molar-refractivity contribution >= 4 is 34.6 Å². The topological polar surface area (TPSA) is 41.9 Å². The molecule has 2 aromatic rings. The van der Waals surface area contributed by atoms with Gasteiger partial charge in [-0.15, -0.1) is 0 Å². The predicted octanol–water partition coefficient (Wildman–Crippen LogP) is 3.78. The molecule has 6 heteroatoms. The van der Waals surface area contributed by atoms with E-state index in [4.69, 9.17) is 23.8 Å². The summed E-state index contributed by atoms with van der Waals surface area (Å²) in [5.74, 6) is 0. The molecule has 0 spiro atoms. The fourth-order valence-corrected chi connectivity index (χ4v) is 2.55. The molecule has 0 aliphatic rings. The van der Waals surface area contributed by atoms with E-state index in [9.17, 15) is 0 Å². The maximum atomic E-state index is 5.98. The van der Waals surface area contributed by atoms with Crippen molar-refractivity contribution in [3.05, 3.63) is 46.7 Å². The van der Waals surface area contributed by atoms with Crippen LogP contribution >= 0.6 is 23.8 Å².